The molecule has 1 aromatic rings. The van der Waals surface area contributed by atoms with Crippen LogP contribution in [0.25, 0.3) is 0 Å². The van der Waals surface area contributed by atoms with E-state index in [-0.39, 0.29) is 11.6 Å². The second kappa shape index (κ2) is 6.79. The van der Waals surface area contributed by atoms with Gasteiger partial charge in [-0.25, -0.2) is 0 Å². The summed E-state index contributed by atoms with van der Waals surface area (Å²) < 4.78 is 5.53. The second-order valence-electron chi connectivity index (χ2n) is 6.67. The summed E-state index contributed by atoms with van der Waals surface area (Å²) in [5.41, 5.74) is 2.19. The molecule has 0 unspecified atom stereocenters. The zero-order valence-corrected chi connectivity index (χ0v) is 14.7. The zero-order chi connectivity index (χ0) is 15.4. The van der Waals surface area contributed by atoms with Crippen molar-refractivity contribution in [3.63, 3.8) is 0 Å². The van der Waals surface area contributed by atoms with Gasteiger partial charge in [-0.3, -0.25) is 0 Å². The summed E-state index contributed by atoms with van der Waals surface area (Å²) >= 11 is 5.88. The van der Waals surface area contributed by atoms with Gasteiger partial charge in [0.25, 0.3) is 0 Å². The van der Waals surface area contributed by atoms with Crippen LogP contribution < -0.4 is 4.74 Å². The molecule has 0 saturated carbocycles. The number of ether oxygens (including phenoxy) is 1. The van der Waals surface area contributed by atoms with E-state index in [1.807, 2.05) is 18.2 Å². The predicted molar refractivity (Wildman–Crippen MR) is 89.3 cm³/mol. The third-order valence-corrected chi connectivity index (χ3v) is 9.01. The first kappa shape index (κ1) is 17.3. The van der Waals surface area contributed by atoms with Gasteiger partial charge in [-0.1, -0.05) is 63.3 Å². The highest BCUT2D eigenvalue weighted by Gasteiger charge is 2.32. The standard InChI is InChI=1S/C16H25ClO2Si/c1-16(2,3)20(4,5)10-9-14(18)12-19-15-8-6-7-13(17)11-15/h6-11,14,18H,12H2,1-5H3/b10-9+/t14-/m0/s1. The van der Waals surface area contributed by atoms with E-state index in [0.29, 0.717) is 10.8 Å². The Bertz CT molecular complexity index is 464. The van der Waals surface area contributed by atoms with Gasteiger partial charge in [0.1, 0.15) is 18.5 Å². The number of benzene rings is 1. The van der Waals surface area contributed by atoms with Crippen molar-refractivity contribution in [2.75, 3.05) is 6.61 Å². The SMILES string of the molecule is CC(C)(C)[Si](C)(C)/C=C/[C@H](O)COc1cccc(Cl)c1. The largest absolute Gasteiger partial charge is 0.491 e. The van der Waals surface area contributed by atoms with Crippen LogP contribution in [0.3, 0.4) is 0 Å². The van der Waals surface area contributed by atoms with Gasteiger partial charge in [-0.2, -0.15) is 0 Å². The van der Waals surface area contributed by atoms with Crippen LogP contribution in [-0.4, -0.2) is 25.9 Å². The fourth-order valence-electron chi connectivity index (χ4n) is 1.40. The Morgan fingerprint density at radius 1 is 1.35 bits per heavy atom. The minimum atomic E-state index is -1.50. The second-order valence-corrected chi connectivity index (χ2v) is 12.4. The normalized spacial score (nSPS) is 14.6. The van der Waals surface area contributed by atoms with Gasteiger partial charge in [0.15, 0.2) is 0 Å². The van der Waals surface area contributed by atoms with Crippen molar-refractivity contribution in [2.24, 2.45) is 0 Å². The van der Waals surface area contributed by atoms with Gasteiger partial charge in [0.2, 0.25) is 0 Å². The Kier molecular flexibility index (Phi) is 5.87. The van der Waals surface area contributed by atoms with E-state index in [9.17, 15) is 5.11 Å². The van der Waals surface area contributed by atoms with E-state index >= 15 is 0 Å². The maximum absolute atomic E-state index is 9.99. The third-order valence-electron chi connectivity index (χ3n) is 3.88. The van der Waals surface area contributed by atoms with E-state index in [1.165, 1.54) is 0 Å². The molecule has 112 valence electrons. The first-order valence-electron chi connectivity index (χ1n) is 6.87. The maximum atomic E-state index is 9.99. The molecule has 0 aliphatic heterocycles. The summed E-state index contributed by atoms with van der Waals surface area (Å²) in [6.07, 6.45) is 1.27. The molecule has 0 spiro atoms. The van der Waals surface area contributed by atoms with Gasteiger partial charge in [0, 0.05) is 5.02 Å². The number of hydrogen-bond acceptors (Lipinski definition) is 2. The molecule has 1 N–H and O–H groups in total. The Hall–Kier alpha value is -0.773. The lowest BCUT2D eigenvalue weighted by Crippen LogP contribution is -2.35. The first-order valence-corrected chi connectivity index (χ1v) is 10.3. The molecule has 0 heterocycles. The topological polar surface area (TPSA) is 29.5 Å². The molecule has 20 heavy (non-hydrogen) atoms. The summed E-state index contributed by atoms with van der Waals surface area (Å²) in [5.74, 6) is 0.678. The Labute approximate surface area is 128 Å². The molecular weight excluding hydrogens is 288 g/mol. The summed E-state index contributed by atoms with van der Waals surface area (Å²) in [5, 5.41) is 10.9. The molecule has 0 saturated heterocycles. The van der Waals surface area contributed by atoms with Crippen LogP contribution in [0.2, 0.25) is 23.2 Å². The van der Waals surface area contributed by atoms with Crippen LogP contribution >= 0.6 is 11.6 Å². The molecule has 1 atom stereocenters. The van der Waals surface area contributed by atoms with Gasteiger partial charge in [0.05, 0.1) is 8.07 Å². The lowest BCUT2D eigenvalue weighted by Gasteiger charge is -2.34. The van der Waals surface area contributed by atoms with E-state index in [1.54, 1.807) is 12.1 Å². The zero-order valence-electron chi connectivity index (χ0n) is 13.0. The van der Waals surface area contributed by atoms with Crippen molar-refractivity contribution in [3.05, 3.63) is 41.1 Å². The first-order chi connectivity index (χ1) is 9.12. The molecule has 4 heteroatoms. The summed E-state index contributed by atoms with van der Waals surface area (Å²) in [7, 11) is -1.50. The van der Waals surface area contributed by atoms with Gasteiger partial charge in [-0.05, 0) is 23.2 Å². The summed E-state index contributed by atoms with van der Waals surface area (Å²) in [6.45, 7) is 11.6. The van der Waals surface area contributed by atoms with E-state index < -0.39 is 14.2 Å². The summed E-state index contributed by atoms with van der Waals surface area (Å²) in [6, 6.07) is 7.19. The number of rotatable bonds is 5. The highest BCUT2D eigenvalue weighted by atomic mass is 35.5. The van der Waals surface area contributed by atoms with Gasteiger partial charge >= 0.3 is 0 Å². The van der Waals surface area contributed by atoms with Crippen molar-refractivity contribution in [3.8, 4) is 5.75 Å². The van der Waals surface area contributed by atoms with Crippen molar-refractivity contribution < 1.29 is 9.84 Å². The quantitative estimate of drug-likeness (QED) is 0.800. The van der Waals surface area contributed by atoms with Crippen molar-refractivity contribution in [1.29, 1.82) is 0 Å². The third kappa shape index (κ3) is 5.31. The lowest BCUT2D eigenvalue weighted by atomic mass is 10.2. The number of hydrogen-bond donors (Lipinski definition) is 1. The van der Waals surface area contributed by atoms with Crippen molar-refractivity contribution in [2.45, 2.75) is 45.0 Å². The average molecular weight is 313 g/mol. The average Bonchev–Trinajstić information content (AvgIpc) is 2.33. The van der Waals surface area contributed by atoms with Crippen LogP contribution in [0.1, 0.15) is 20.8 Å². The molecule has 1 rings (SSSR count). The Morgan fingerprint density at radius 3 is 2.55 bits per heavy atom. The highest BCUT2D eigenvalue weighted by molar-refractivity contribution is 6.84. The molecule has 1 aromatic carbocycles. The molecule has 0 aromatic heterocycles. The molecule has 2 nitrogen and oxygen atoms in total. The molecule has 0 aliphatic rings. The van der Waals surface area contributed by atoms with Gasteiger partial charge in [-0.15, -0.1) is 0 Å². The van der Waals surface area contributed by atoms with Gasteiger partial charge < -0.3 is 9.84 Å². The van der Waals surface area contributed by atoms with E-state index in [4.69, 9.17) is 16.3 Å². The van der Waals surface area contributed by atoms with E-state index in [0.717, 1.165) is 0 Å². The molecule has 0 aliphatic carbocycles. The van der Waals surface area contributed by atoms with Crippen LogP contribution in [0.5, 0.6) is 5.75 Å². The number of aliphatic hydroxyl groups is 1. The Balaban J connectivity index is 2.54. The van der Waals surface area contributed by atoms with Crippen LogP contribution in [-0.2, 0) is 0 Å². The lowest BCUT2D eigenvalue weighted by molar-refractivity contribution is 0.144. The fourth-order valence-corrected chi connectivity index (χ4v) is 2.78. The molecule has 0 amide bonds. The number of aliphatic hydroxyl groups excluding tert-OH is 1. The Morgan fingerprint density at radius 2 is 2.00 bits per heavy atom. The number of halogens is 1. The predicted octanol–water partition coefficient (Wildman–Crippen LogP) is 4.68. The smallest absolute Gasteiger partial charge is 0.120 e. The monoisotopic (exact) mass is 312 g/mol. The molecule has 0 fully saturated rings. The van der Waals surface area contributed by atoms with Crippen molar-refractivity contribution in [1.82, 2.24) is 0 Å². The van der Waals surface area contributed by atoms with Crippen LogP contribution in [0, 0.1) is 0 Å². The minimum absolute atomic E-state index is 0.242. The molecular formula is C16H25ClO2Si. The van der Waals surface area contributed by atoms with E-state index in [2.05, 4.69) is 39.6 Å². The van der Waals surface area contributed by atoms with Crippen LogP contribution in [0.4, 0.5) is 0 Å². The maximum Gasteiger partial charge on any atom is 0.120 e. The minimum Gasteiger partial charge on any atom is -0.491 e. The van der Waals surface area contributed by atoms with Crippen LogP contribution in [0.15, 0.2) is 36.0 Å². The molecule has 0 bridgehead atoms. The molecule has 0 radical (unpaired) electrons. The van der Waals surface area contributed by atoms with Crippen molar-refractivity contribution >= 4 is 19.7 Å². The highest BCUT2D eigenvalue weighted by Crippen LogP contribution is 2.36. The summed E-state index contributed by atoms with van der Waals surface area (Å²) in [4.78, 5) is 0. The fraction of sp³-hybridized carbons (Fsp3) is 0.500.